The number of anilines is 1. The Morgan fingerprint density at radius 2 is 2.09 bits per heavy atom. The number of pyridine rings is 2. The predicted molar refractivity (Wildman–Crippen MR) is 87.6 cm³/mol. The van der Waals surface area contributed by atoms with E-state index in [-0.39, 0.29) is 5.91 Å². The molecule has 2 N–H and O–H groups in total. The Kier molecular flexibility index (Phi) is 5.89. The van der Waals surface area contributed by atoms with Crippen molar-refractivity contribution in [3.8, 4) is 0 Å². The molecule has 0 fully saturated rings. The third-order valence-corrected chi connectivity index (χ3v) is 3.22. The van der Waals surface area contributed by atoms with Crippen LogP contribution < -0.4 is 10.6 Å². The lowest BCUT2D eigenvalue weighted by Gasteiger charge is -2.08. The molecule has 0 saturated carbocycles. The van der Waals surface area contributed by atoms with Gasteiger partial charge in [-0.05, 0) is 36.1 Å². The number of rotatable bonds is 7. The molecule has 0 atom stereocenters. The zero-order chi connectivity index (χ0) is 15.8. The normalized spacial score (nSPS) is 10.5. The molecule has 0 aliphatic heterocycles. The smallest absolute Gasteiger partial charge is 0.269 e. The Hall–Kier alpha value is -2.43. The number of amides is 1. The van der Waals surface area contributed by atoms with Gasteiger partial charge in [0, 0.05) is 25.5 Å². The van der Waals surface area contributed by atoms with Crippen molar-refractivity contribution in [2.24, 2.45) is 5.92 Å². The van der Waals surface area contributed by atoms with E-state index in [4.69, 9.17) is 0 Å². The van der Waals surface area contributed by atoms with Crippen molar-refractivity contribution >= 4 is 11.6 Å². The van der Waals surface area contributed by atoms with Gasteiger partial charge in [0.2, 0.25) is 0 Å². The van der Waals surface area contributed by atoms with Crippen LogP contribution in [0.4, 0.5) is 5.69 Å². The predicted octanol–water partition coefficient (Wildman–Crippen LogP) is 2.86. The average Bonchev–Trinajstić information content (AvgIpc) is 2.54. The van der Waals surface area contributed by atoms with E-state index in [1.54, 1.807) is 18.5 Å². The molecule has 0 bridgehead atoms. The molecular formula is C17H22N4O. The number of carbonyl (C=O) groups is 1. The zero-order valence-electron chi connectivity index (χ0n) is 13.0. The van der Waals surface area contributed by atoms with Crippen molar-refractivity contribution in [1.29, 1.82) is 0 Å². The van der Waals surface area contributed by atoms with Gasteiger partial charge in [-0.15, -0.1) is 0 Å². The molecule has 5 nitrogen and oxygen atoms in total. The third-order valence-electron chi connectivity index (χ3n) is 3.22. The molecule has 0 aliphatic carbocycles. The monoisotopic (exact) mass is 298 g/mol. The van der Waals surface area contributed by atoms with Crippen molar-refractivity contribution in [1.82, 2.24) is 15.3 Å². The molecule has 2 aromatic heterocycles. The lowest BCUT2D eigenvalue weighted by atomic mass is 10.1. The minimum atomic E-state index is -0.126. The highest BCUT2D eigenvalue weighted by Gasteiger charge is 2.06. The van der Waals surface area contributed by atoms with E-state index in [1.165, 1.54) is 0 Å². The van der Waals surface area contributed by atoms with Crippen molar-refractivity contribution in [2.75, 3.05) is 11.9 Å². The molecule has 0 saturated heterocycles. The summed E-state index contributed by atoms with van der Waals surface area (Å²) in [5.41, 5.74) is 2.41. The third kappa shape index (κ3) is 5.16. The van der Waals surface area contributed by atoms with Crippen LogP contribution >= 0.6 is 0 Å². The molecule has 2 rings (SSSR count). The van der Waals surface area contributed by atoms with Gasteiger partial charge in [-0.1, -0.05) is 19.9 Å². The molecular weight excluding hydrogens is 276 g/mol. The van der Waals surface area contributed by atoms with Crippen molar-refractivity contribution in [3.05, 3.63) is 54.1 Å². The fraction of sp³-hybridized carbons (Fsp3) is 0.353. The summed E-state index contributed by atoms with van der Waals surface area (Å²) in [6.07, 6.45) is 6.21. The SMILES string of the molecule is CC(C)CCNC(=O)c1ccc(NCc2cccnc2)cn1. The standard InChI is InChI=1S/C17H22N4O/c1-13(2)7-9-19-17(22)16-6-5-15(12-21-16)20-11-14-4-3-8-18-10-14/h3-6,8,10,12-13,20H,7,9,11H2,1-2H3,(H,19,22). The number of nitrogens with one attached hydrogen (secondary N) is 2. The molecule has 0 spiro atoms. The molecule has 0 aromatic carbocycles. The van der Waals surface area contributed by atoms with Crippen LogP contribution in [-0.4, -0.2) is 22.4 Å². The second-order valence-corrected chi connectivity index (χ2v) is 5.59. The van der Waals surface area contributed by atoms with Gasteiger partial charge < -0.3 is 10.6 Å². The molecule has 2 aromatic rings. The zero-order valence-corrected chi connectivity index (χ0v) is 13.0. The fourth-order valence-corrected chi connectivity index (χ4v) is 1.90. The van der Waals surface area contributed by atoms with Crippen LogP contribution in [0.3, 0.4) is 0 Å². The summed E-state index contributed by atoms with van der Waals surface area (Å²) in [5.74, 6) is 0.451. The van der Waals surface area contributed by atoms with Gasteiger partial charge in [-0.3, -0.25) is 9.78 Å². The minimum absolute atomic E-state index is 0.126. The summed E-state index contributed by atoms with van der Waals surface area (Å²) in [6.45, 7) is 5.62. The van der Waals surface area contributed by atoms with Crippen LogP contribution in [-0.2, 0) is 6.54 Å². The van der Waals surface area contributed by atoms with E-state index in [0.29, 0.717) is 24.7 Å². The molecule has 22 heavy (non-hydrogen) atoms. The van der Waals surface area contributed by atoms with E-state index in [0.717, 1.165) is 17.7 Å². The first kappa shape index (κ1) is 15.9. The number of carbonyl (C=O) groups excluding carboxylic acids is 1. The molecule has 2 heterocycles. The molecule has 0 unspecified atom stereocenters. The maximum Gasteiger partial charge on any atom is 0.269 e. The maximum atomic E-state index is 11.9. The van der Waals surface area contributed by atoms with E-state index in [2.05, 4.69) is 34.4 Å². The van der Waals surface area contributed by atoms with Gasteiger partial charge in [0.05, 0.1) is 11.9 Å². The summed E-state index contributed by atoms with van der Waals surface area (Å²) in [7, 11) is 0. The summed E-state index contributed by atoms with van der Waals surface area (Å²) in [4.78, 5) is 20.2. The van der Waals surface area contributed by atoms with Gasteiger partial charge in [0.15, 0.2) is 0 Å². The minimum Gasteiger partial charge on any atom is -0.380 e. The molecule has 1 amide bonds. The Labute approximate surface area is 131 Å². The quantitative estimate of drug-likeness (QED) is 0.825. The van der Waals surface area contributed by atoms with Crippen LogP contribution in [0.2, 0.25) is 0 Å². The fourth-order valence-electron chi connectivity index (χ4n) is 1.90. The second-order valence-electron chi connectivity index (χ2n) is 5.59. The summed E-state index contributed by atoms with van der Waals surface area (Å²) >= 11 is 0. The topological polar surface area (TPSA) is 66.9 Å². The van der Waals surface area contributed by atoms with Gasteiger partial charge in [0.25, 0.3) is 5.91 Å². The van der Waals surface area contributed by atoms with Gasteiger partial charge in [-0.25, -0.2) is 4.98 Å². The first-order chi connectivity index (χ1) is 10.6. The van der Waals surface area contributed by atoms with Crippen molar-refractivity contribution in [2.45, 2.75) is 26.8 Å². The summed E-state index contributed by atoms with van der Waals surface area (Å²) in [5, 5.41) is 6.13. The Morgan fingerprint density at radius 1 is 1.23 bits per heavy atom. The maximum absolute atomic E-state index is 11.9. The number of aromatic nitrogens is 2. The summed E-state index contributed by atoms with van der Waals surface area (Å²) in [6, 6.07) is 7.50. The van der Waals surface area contributed by atoms with Gasteiger partial charge in [0.1, 0.15) is 5.69 Å². The lowest BCUT2D eigenvalue weighted by Crippen LogP contribution is -2.26. The van der Waals surface area contributed by atoms with E-state index in [9.17, 15) is 4.79 Å². The lowest BCUT2D eigenvalue weighted by molar-refractivity contribution is 0.0947. The highest BCUT2D eigenvalue weighted by atomic mass is 16.1. The first-order valence-electron chi connectivity index (χ1n) is 7.52. The largest absolute Gasteiger partial charge is 0.380 e. The van der Waals surface area contributed by atoms with Crippen LogP contribution in [0.25, 0.3) is 0 Å². The first-order valence-corrected chi connectivity index (χ1v) is 7.52. The number of hydrogen-bond donors (Lipinski definition) is 2. The molecule has 0 radical (unpaired) electrons. The Morgan fingerprint density at radius 3 is 2.73 bits per heavy atom. The number of nitrogens with zero attached hydrogens (tertiary/aromatic N) is 2. The Bertz CT molecular complexity index is 581. The Balaban J connectivity index is 1.83. The van der Waals surface area contributed by atoms with E-state index >= 15 is 0 Å². The van der Waals surface area contributed by atoms with Gasteiger partial charge in [-0.2, -0.15) is 0 Å². The van der Waals surface area contributed by atoms with Crippen LogP contribution in [0.5, 0.6) is 0 Å². The van der Waals surface area contributed by atoms with Crippen LogP contribution in [0.15, 0.2) is 42.9 Å². The average molecular weight is 298 g/mol. The number of hydrogen-bond acceptors (Lipinski definition) is 4. The van der Waals surface area contributed by atoms with Crippen molar-refractivity contribution in [3.63, 3.8) is 0 Å². The highest BCUT2D eigenvalue weighted by Crippen LogP contribution is 2.08. The van der Waals surface area contributed by atoms with Gasteiger partial charge >= 0.3 is 0 Å². The van der Waals surface area contributed by atoms with Crippen LogP contribution in [0.1, 0.15) is 36.3 Å². The van der Waals surface area contributed by atoms with Crippen LogP contribution in [0, 0.1) is 5.92 Å². The molecule has 5 heteroatoms. The molecule has 0 aliphatic rings. The van der Waals surface area contributed by atoms with E-state index < -0.39 is 0 Å². The van der Waals surface area contributed by atoms with E-state index in [1.807, 2.05) is 24.4 Å². The second kappa shape index (κ2) is 8.12. The highest BCUT2D eigenvalue weighted by molar-refractivity contribution is 5.92. The molecule has 116 valence electrons. The summed E-state index contributed by atoms with van der Waals surface area (Å²) < 4.78 is 0. The van der Waals surface area contributed by atoms with Crippen molar-refractivity contribution < 1.29 is 4.79 Å².